The molecule has 1 atom stereocenters. The van der Waals surface area contributed by atoms with Crippen molar-refractivity contribution < 1.29 is 9.18 Å². The van der Waals surface area contributed by atoms with E-state index in [4.69, 9.17) is 0 Å². The van der Waals surface area contributed by atoms with E-state index in [1.54, 1.807) is 6.07 Å². The number of imidazole rings is 1. The normalized spacial score (nSPS) is 20.1. The summed E-state index contributed by atoms with van der Waals surface area (Å²) in [6.45, 7) is 5.09. The highest BCUT2D eigenvalue weighted by molar-refractivity contribution is 5.76. The summed E-state index contributed by atoms with van der Waals surface area (Å²) in [4.78, 5) is 24.2. The number of pyridine rings is 1. The Labute approximate surface area is 188 Å². The summed E-state index contributed by atoms with van der Waals surface area (Å²) in [5.41, 5.74) is 2.57. The Kier molecular flexibility index (Phi) is 6.08. The van der Waals surface area contributed by atoms with Gasteiger partial charge in [0.1, 0.15) is 11.5 Å². The van der Waals surface area contributed by atoms with Gasteiger partial charge in [0, 0.05) is 64.1 Å². The second-order valence-electron chi connectivity index (χ2n) is 8.81. The van der Waals surface area contributed by atoms with E-state index in [9.17, 15) is 9.18 Å². The van der Waals surface area contributed by atoms with E-state index in [1.807, 2.05) is 52.0 Å². The number of carbonyl (C=O) groups excluding carboxylic acids is 1. The summed E-state index contributed by atoms with van der Waals surface area (Å²) < 4.78 is 16.1. The van der Waals surface area contributed by atoms with Crippen molar-refractivity contribution in [1.29, 1.82) is 0 Å². The number of carbonyl (C=O) groups is 1. The number of anilines is 1. The zero-order valence-electron chi connectivity index (χ0n) is 18.4. The summed E-state index contributed by atoms with van der Waals surface area (Å²) in [6.07, 6.45) is 7.32. The lowest BCUT2D eigenvalue weighted by Gasteiger charge is -2.44. The van der Waals surface area contributed by atoms with Gasteiger partial charge in [-0.05, 0) is 43.5 Å². The Hall–Kier alpha value is -2.93. The molecule has 2 fully saturated rings. The molecule has 2 aliphatic heterocycles. The maximum atomic E-state index is 14.1. The van der Waals surface area contributed by atoms with Gasteiger partial charge in [0.2, 0.25) is 5.91 Å². The molecule has 2 aliphatic rings. The van der Waals surface area contributed by atoms with Gasteiger partial charge in [-0.1, -0.05) is 18.2 Å². The van der Waals surface area contributed by atoms with Crippen molar-refractivity contribution in [2.45, 2.75) is 31.7 Å². The Balaban J connectivity index is 1.13. The number of likely N-dealkylation sites (tertiary alicyclic amines) is 1. The molecule has 6 nitrogen and oxygen atoms in total. The monoisotopic (exact) mass is 435 g/mol. The molecule has 4 heterocycles. The maximum Gasteiger partial charge on any atom is 0.223 e. The molecule has 0 N–H and O–H groups in total. The number of nitrogens with zero attached hydrogens (tertiary/aromatic N) is 5. The molecule has 32 heavy (non-hydrogen) atoms. The average Bonchev–Trinajstić information content (AvgIpc) is 3.26. The van der Waals surface area contributed by atoms with Crippen molar-refractivity contribution in [3.63, 3.8) is 0 Å². The Morgan fingerprint density at radius 2 is 1.84 bits per heavy atom. The molecule has 2 saturated heterocycles. The molecular weight excluding hydrogens is 405 g/mol. The van der Waals surface area contributed by atoms with Crippen LogP contribution in [0.2, 0.25) is 0 Å². The maximum absolute atomic E-state index is 14.1. The van der Waals surface area contributed by atoms with Crippen LogP contribution in [-0.4, -0.2) is 70.4 Å². The number of aromatic nitrogens is 2. The average molecular weight is 436 g/mol. The first-order chi connectivity index (χ1) is 15.7. The molecule has 0 bridgehead atoms. The van der Waals surface area contributed by atoms with Gasteiger partial charge >= 0.3 is 0 Å². The van der Waals surface area contributed by atoms with Crippen LogP contribution in [0.4, 0.5) is 10.1 Å². The largest absolute Gasteiger partial charge is 0.367 e. The molecule has 7 heteroatoms. The Morgan fingerprint density at radius 1 is 1.03 bits per heavy atom. The quantitative estimate of drug-likeness (QED) is 0.617. The molecule has 1 aromatic carbocycles. The molecular formula is C25H30FN5O. The lowest BCUT2D eigenvalue weighted by atomic mass is 10.0. The zero-order valence-corrected chi connectivity index (χ0v) is 18.4. The molecule has 0 spiro atoms. The van der Waals surface area contributed by atoms with E-state index in [2.05, 4.69) is 14.8 Å². The van der Waals surface area contributed by atoms with E-state index in [1.165, 1.54) is 6.07 Å². The highest BCUT2D eigenvalue weighted by Crippen LogP contribution is 2.23. The van der Waals surface area contributed by atoms with Gasteiger partial charge in [0.15, 0.2) is 0 Å². The number of aryl methyl sites for hydroxylation is 1. The summed E-state index contributed by atoms with van der Waals surface area (Å²) in [6, 6.07) is 13.3. The molecule has 1 amide bonds. The van der Waals surface area contributed by atoms with E-state index in [0.29, 0.717) is 24.6 Å². The van der Waals surface area contributed by atoms with Crippen LogP contribution in [0.15, 0.2) is 54.9 Å². The smallest absolute Gasteiger partial charge is 0.223 e. The van der Waals surface area contributed by atoms with Crippen LogP contribution in [-0.2, 0) is 11.2 Å². The van der Waals surface area contributed by atoms with Gasteiger partial charge < -0.3 is 14.2 Å². The molecule has 0 aliphatic carbocycles. The van der Waals surface area contributed by atoms with E-state index in [0.717, 1.165) is 63.5 Å². The van der Waals surface area contributed by atoms with Gasteiger partial charge in [-0.25, -0.2) is 9.37 Å². The van der Waals surface area contributed by atoms with Crippen LogP contribution in [0.1, 0.15) is 25.0 Å². The first kappa shape index (κ1) is 20.9. The number of hydrogen-bond acceptors (Lipinski definition) is 4. The standard InChI is InChI=1S/C25H30FN5O/c26-22-7-1-2-8-23(22)29-16-14-28(15-17-29)21-6-5-13-31(19-21)25(32)11-10-20-18-30-12-4-3-9-24(30)27-20/h1-4,7-9,12,18,21H,5-6,10-11,13-17,19H2/t21-/m1/s1. The van der Waals surface area contributed by atoms with Gasteiger partial charge in [-0.2, -0.15) is 0 Å². The van der Waals surface area contributed by atoms with E-state index >= 15 is 0 Å². The lowest BCUT2D eigenvalue weighted by Crippen LogP contribution is -2.56. The van der Waals surface area contributed by atoms with Crippen LogP contribution in [0.5, 0.6) is 0 Å². The summed E-state index contributed by atoms with van der Waals surface area (Å²) in [5.74, 6) is 0.0674. The lowest BCUT2D eigenvalue weighted by molar-refractivity contribution is -0.133. The van der Waals surface area contributed by atoms with Crippen molar-refractivity contribution in [3.8, 4) is 0 Å². The van der Waals surface area contributed by atoms with Crippen molar-refractivity contribution in [2.75, 3.05) is 44.2 Å². The first-order valence-corrected chi connectivity index (χ1v) is 11.6. The number of halogens is 1. The molecule has 0 saturated carbocycles. The minimum atomic E-state index is -0.152. The van der Waals surface area contributed by atoms with E-state index in [-0.39, 0.29) is 11.7 Å². The van der Waals surface area contributed by atoms with Crippen LogP contribution in [0.3, 0.4) is 0 Å². The van der Waals surface area contributed by atoms with Crippen molar-refractivity contribution in [2.24, 2.45) is 0 Å². The third-order valence-electron chi connectivity index (χ3n) is 6.78. The minimum absolute atomic E-state index is 0.152. The van der Waals surface area contributed by atoms with Crippen molar-refractivity contribution in [3.05, 3.63) is 66.4 Å². The molecule has 2 aromatic heterocycles. The van der Waals surface area contributed by atoms with Crippen LogP contribution in [0.25, 0.3) is 5.65 Å². The second-order valence-corrected chi connectivity index (χ2v) is 8.81. The molecule has 168 valence electrons. The van der Waals surface area contributed by atoms with E-state index < -0.39 is 0 Å². The molecule has 5 rings (SSSR count). The fourth-order valence-corrected chi connectivity index (χ4v) is 5.02. The fourth-order valence-electron chi connectivity index (χ4n) is 5.02. The number of rotatable bonds is 5. The molecule has 3 aromatic rings. The van der Waals surface area contributed by atoms with Gasteiger partial charge in [0.25, 0.3) is 0 Å². The predicted molar refractivity (Wildman–Crippen MR) is 123 cm³/mol. The minimum Gasteiger partial charge on any atom is -0.367 e. The van der Waals surface area contributed by atoms with Crippen LogP contribution < -0.4 is 4.90 Å². The Morgan fingerprint density at radius 3 is 2.66 bits per heavy atom. The fraction of sp³-hybridized carbons (Fsp3) is 0.440. The molecule has 0 unspecified atom stereocenters. The SMILES string of the molecule is O=C(CCc1cn2ccccc2n1)N1CCC[C@@H](N2CCN(c3ccccc3F)CC2)C1. The number of benzene rings is 1. The summed E-state index contributed by atoms with van der Waals surface area (Å²) in [7, 11) is 0. The summed E-state index contributed by atoms with van der Waals surface area (Å²) in [5, 5.41) is 0. The third-order valence-corrected chi connectivity index (χ3v) is 6.78. The topological polar surface area (TPSA) is 44.1 Å². The van der Waals surface area contributed by atoms with Crippen LogP contribution in [0, 0.1) is 5.82 Å². The first-order valence-electron chi connectivity index (χ1n) is 11.6. The zero-order chi connectivity index (χ0) is 21.9. The van der Waals surface area contributed by atoms with Crippen molar-refractivity contribution in [1.82, 2.24) is 19.2 Å². The third kappa shape index (κ3) is 4.48. The number of para-hydroxylation sites is 1. The van der Waals surface area contributed by atoms with Gasteiger partial charge in [0.05, 0.1) is 11.4 Å². The second kappa shape index (κ2) is 9.28. The van der Waals surface area contributed by atoms with Gasteiger partial charge in [-0.15, -0.1) is 0 Å². The van der Waals surface area contributed by atoms with Gasteiger partial charge in [-0.3, -0.25) is 9.69 Å². The number of fused-ring (bicyclic) bond motifs is 1. The predicted octanol–water partition coefficient (Wildman–Crippen LogP) is 3.22. The summed E-state index contributed by atoms with van der Waals surface area (Å²) >= 11 is 0. The van der Waals surface area contributed by atoms with Crippen LogP contribution >= 0.6 is 0 Å². The highest BCUT2D eigenvalue weighted by Gasteiger charge is 2.30. The number of piperidine rings is 1. The number of hydrogen-bond donors (Lipinski definition) is 0. The number of amides is 1. The molecule has 0 radical (unpaired) electrons. The number of piperazine rings is 1. The highest BCUT2D eigenvalue weighted by atomic mass is 19.1. The Bertz CT molecular complexity index is 1040. The van der Waals surface area contributed by atoms with Crippen molar-refractivity contribution >= 4 is 17.2 Å².